The fraction of sp³-hybridized carbons (Fsp3) is 0.263. The number of hydrogen-bond acceptors (Lipinski definition) is 4. The van der Waals surface area contributed by atoms with E-state index >= 15 is 0 Å². The summed E-state index contributed by atoms with van der Waals surface area (Å²) >= 11 is 0. The SMILES string of the molecule is COc1ccc(C(=O)NCCCn2cnc3ccccc32)cc1OC. The summed E-state index contributed by atoms with van der Waals surface area (Å²) in [4.78, 5) is 16.6. The van der Waals surface area contributed by atoms with Crippen LogP contribution in [-0.2, 0) is 6.54 Å². The first-order chi connectivity index (χ1) is 12.2. The van der Waals surface area contributed by atoms with E-state index < -0.39 is 0 Å². The second-order valence-corrected chi connectivity index (χ2v) is 5.61. The quantitative estimate of drug-likeness (QED) is 0.672. The molecule has 0 fully saturated rings. The van der Waals surface area contributed by atoms with Gasteiger partial charge in [-0.1, -0.05) is 12.1 Å². The second-order valence-electron chi connectivity index (χ2n) is 5.61. The summed E-state index contributed by atoms with van der Waals surface area (Å²) < 4.78 is 12.5. The molecule has 0 unspecified atom stereocenters. The minimum Gasteiger partial charge on any atom is -0.493 e. The number of nitrogens with one attached hydrogen (secondary N) is 1. The third kappa shape index (κ3) is 3.74. The van der Waals surface area contributed by atoms with Crippen LogP contribution in [0.15, 0.2) is 48.8 Å². The number of hydrogen-bond donors (Lipinski definition) is 1. The Balaban J connectivity index is 1.54. The van der Waals surface area contributed by atoms with Crippen molar-refractivity contribution in [3.8, 4) is 11.5 Å². The maximum Gasteiger partial charge on any atom is 0.251 e. The molecule has 0 bridgehead atoms. The Morgan fingerprint density at radius 3 is 2.72 bits per heavy atom. The lowest BCUT2D eigenvalue weighted by Crippen LogP contribution is -2.25. The molecule has 25 heavy (non-hydrogen) atoms. The number of rotatable bonds is 7. The number of carbonyl (C=O) groups is 1. The Kier molecular flexibility index (Phi) is 5.18. The van der Waals surface area contributed by atoms with Gasteiger partial charge in [-0.25, -0.2) is 4.98 Å². The van der Waals surface area contributed by atoms with Crippen LogP contribution in [0.2, 0.25) is 0 Å². The minimum absolute atomic E-state index is 0.128. The van der Waals surface area contributed by atoms with Crippen molar-refractivity contribution in [2.24, 2.45) is 0 Å². The van der Waals surface area contributed by atoms with Gasteiger partial charge < -0.3 is 19.4 Å². The van der Waals surface area contributed by atoms with Crippen LogP contribution in [0.1, 0.15) is 16.8 Å². The number of methoxy groups -OCH3 is 2. The fourth-order valence-corrected chi connectivity index (χ4v) is 2.72. The van der Waals surface area contributed by atoms with Crippen molar-refractivity contribution >= 4 is 16.9 Å². The summed E-state index contributed by atoms with van der Waals surface area (Å²) in [6.07, 6.45) is 2.65. The molecule has 0 saturated heterocycles. The monoisotopic (exact) mass is 339 g/mol. The van der Waals surface area contributed by atoms with E-state index in [4.69, 9.17) is 9.47 Å². The van der Waals surface area contributed by atoms with E-state index in [0.717, 1.165) is 24.0 Å². The van der Waals surface area contributed by atoms with Gasteiger partial charge >= 0.3 is 0 Å². The van der Waals surface area contributed by atoms with Gasteiger partial charge in [-0.15, -0.1) is 0 Å². The zero-order chi connectivity index (χ0) is 17.6. The Hall–Kier alpha value is -3.02. The molecule has 0 aliphatic carbocycles. The number of carbonyl (C=O) groups excluding carboxylic acids is 1. The van der Waals surface area contributed by atoms with E-state index in [9.17, 15) is 4.79 Å². The highest BCUT2D eigenvalue weighted by Gasteiger charge is 2.10. The predicted molar refractivity (Wildman–Crippen MR) is 96.2 cm³/mol. The minimum atomic E-state index is -0.128. The molecule has 0 spiro atoms. The van der Waals surface area contributed by atoms with Crippen molar-refractivity contribution < 1.29 is 14.3 Å². The average molecular weight is 339 g/mol. The third-order valence-electron chi connectivity index (χ3n) is 4.03. The van der Waals surface area contributed by atoms with E-state index in [1.165, 1.54) is 0 Å². The molecular formula is C19H21N3O3. The molecule has 0 aliphatic heterocycles. The summed E-state index contributed by atoms with van der Waals surface area (Å²) in [7, 11) is 3.12. The van der Waals surface area contributed by atoms with Crippen LogP contribution in [0.5, 0.6) is 11.5 Å². The van der Waals surface area contributed by atoms with Gasteiger partial charge in [0.25, 0.3) is 5.91 Å². The zero-order valence-corrected chi connectivity index (χ0v) is 14.4. The van der Waals surface area contributed by atoms with E-state index in [1.807, 2.05) is 30.6 Å². The van der Waals surface area contributed by atoms with Gasteiger partial charge in [0, 0.05) is 18.7 Å². The van der Waals surface area contributed by atoms with Gasteiger partial charge in [0.15, 0.2) is 11.5 Å². The number of aryl methyl sites for hydroxylation is 1. The molecule has 0 atom stereocenters. The van der Waals surface area contributed by atoms with Crippen LogP contribution < -0.4 is 14.8 Å². The van der Waals surface area contributed by atoms with Crippen molar-refractivity contribution in [3.05, 3.63) is 54.4 Å². The summed E-state index contributed by atoms with van der Waals surface area (Å²) in [6.45, 7) is 1.38. The molecule has 1 aromatic heterocycles. The third-order valence-corrected chi connectivity index (χ3v) is 4.03. The molecule has 3 aromatic rings. The molecule has 130 valence electrons. The summed E-state index contributed by atoms with van der Waals surface area (Å²) in [5.41, 5.74) is 2.64. The molecule has 6 nitrogen and oxygen atoms in total. The Morgan fingerprint density at radius 1 is 1.12 bits per heavy atom. The number of ether oxygens (including phenoxy) is 2. The number of benzene rings is 2. The van der Waals surface area contributed by atoms with Gasteiger partial charge in [0.2, 0.25) is 0 Å². The number of para-hydroxylation sites is 2. The molecule has 6 heteroatoms. The molecule has 1 heterocycles. The number of imidazole rings is 1. The first kappa shape index (κ1) is 16.8. The predicted octanol–water partition coefficient (Wildman–Crippen LogP) is 2.87. The van der Waals surface area contributed by atoms with Crippen molar-refractivity contribution in [1.82, 2.24) is 14.9 Å². The summed E-state index contributed by atoms with van der Waals surface area (Å²) in [5.74, 6) is 1.02. The van der Waals surface area contributed by atoms with Crippen LogP contribution in [0, 0.1) is 0 Å². The lowest BCUT2D eigenvalue weighted by molar-refractivity contribution is 0.0952. The first-order valence-electron chi connectivity index (χ1n) is 8.13. The Bertz CT molecular complexity index is 873. The Morgan fingerprint density at radius 2 is 1.92 bits per heavy atom. The fourth-order valence-electron chi connectivity index (χ4n) is 2.72. The molecule has 3 rings (SSSR count). The molecule has 0 saturated carbocycles. The van der Waals surface area contributed by atoms with Crippen LogP contribution in [0.25, 0.3) is 11.0 Å². The van der Waals surface area contributed by atoms with E-state index in [0.29, 0.717) is 23.6 Å². The summed E-state index contributed by atoms with van der Waals surface area (Å²) in [5, 5.41) is 2.93. The standard InChI is InChI=1S/C19H21N3O3/c1-24-17-9-8-14(12-18(17)25-2)19(23)20-10-5-11-22-13-21-15-6-3-4-7-16(15)22/h3-4,6-9,12-13H,5,10-11H2,1-2H3,(H,20,23). The van der Waals surface area contributed by atoms with Crippen molar-refractivity contribution in [3.63, 3.8) is 0 Å². The van der Waals surface area contributed by atoms with Crippen LogP contribution in [0.3, 0.4) is 0 Å². The molecule has 2 aromatic carbocycles. The number of amides is 1. The van der Waals surface area contributed by atoms with Crippen LogP contribution in [-0.4, -0.2) is 36.2 Å². The number of fused-ring (bicyclic) bond motifs is 1. The molecule has 1 N–H and O–H groups in total. The van der Waals surface area contributed by atoms with Crippen LogP contribution >= 0.6 is 0 Å². The van der Waals surface area contributed by atoms with Gasteiger partial charge in [0.1, 0.15) is 0 Å². The van der Waals surface area contributed by atoms with E-state index in [2.05, 4.69) is 14.9 Å². The smallest absolute Gasteiger partial charge is 0.251 e. The van der Waals surface area contributed by atoms with Crippen molar-refractivity contribution in [2.45, 2.75) is 13.0 Å². The molecule has 0 aliphatic rings. The summed E-state index contributed by atoms with van der Waals surface area (Å²) in [6, 6.07) is 13.1. The molecule has 1 amide bonds. The highest BCUT2D eigenvalue weighted by molar-refractivity contribution is 5.94. The first-order valence-corrected chi connectivity index (χ1v) is 8.13. The van der Waals surface area contributed by atoms with Gasteiger partial charge in [-0.05, 0) is 36.8 Å². The second kappa shape index (κ2) is 7.70. The van der Waals surface area contributed by atoms with Crippen LogP contribution in [0.4, 0.5) is 0 Å². The van der Waals surface area contributed by atoms with E-state index in [1.54, 1.807) is 32.4 Å². The number of nitrogens with zero attached hydrogens (tertiary/aromatic N) is 2. The maximum absolute atomic E-state index is 12.3. The lowest BCUT2D eigenvalue weighted by Gasteiger charge is -2.10. The Labute approximate surface area is 146 Å². The lowest BCUT2D eigenvalue weighted by atomic mass is 10.2. The molecular weight excluding hydrogens is 318 g/mol. The topological polar surface area (TPSA) is 65.4 Å². The highest BCUT2D eigenvalue weighted by atomic mass is 16.5. The normalized spacial score (nSPS) is 10.6. The maximum atomic E-state index is 12.3. The molecule has 0 radical (unpaired) electrons. The van der Waals surface area contributed by atoms with Crippen molar-refractivity contribution in [2.75, 3.05) is 20.8 Å². The van der Waals surface area contributed by atoms with E-state index in [-0.39, 0.29) is 5.91 Å². The van der Waals surface area contributed by atoms with Crippen molar-refractivity contribution in [1.29, 1.82) is 0 Å². The number of aromatic nitrogens is 2. The largest absolute Gasteiger partial charge is 0.493 e. The average Bonchev–Trinajstić information content (AvgIpc) is 3.07. The zero-order valence-electron chi connectivity index (χ0n) is 14.4. The van der Waals surface area contributed by atoms with Gasteiger partial charge in [-0.3, -0.25) is 4.79 Å². The van der Waals surface area contributed by atoms with Gasteiger partial charge in [0.05, 0.1) is 31.6 Å². The van der Waals surface area contributed by atoms with Gasteiger partial charge in [-0.2, -0.15) is 0 Å². The highest BCUT2D eigenvalue weighted by Crippen LogP contribution is 2.27.